The van der Waals surface area contributed by atoms with Gasteiger partial charge in [-0.2, -0.15) is 0 Å². The molecule has 0 unspecified atom stereocenters. The zero-order valence-corrected chi connectivity index (χ0v) is 28.2. The maximum absolute atomic E-state index is 12.4. The van der Waals surface area contributed by atoms with Gasteiger partial charge < -0.3 is 59.3 Å². The first-order chi connectivity index (χ1) is 24.5. The molecule has 7 N–H and O–H groups in total. The molecule has 2 bridgehead atoms. The molecule has 3 aromatic rings. The van der Waals surface area contributed by atoms with E-state index in [-0.39, 0.29) is 24.0 Å². The first-order valence-electron chi connectivity index (χ1n) is 17.0. The first kappa shape index (κ1) is 33.4. The van der Waals surface area contributed by atoms with Gasteiger partial charge in [-0.1, -0.05) is 38.1 Å². The number of nitrogens with one attached hydrogen (secondary N) is 2. The third kappa shape index (κ3) is 4.99. The van der Waals surface area contributed by atoms with Crippen LogP contribution in [0.4, 0.5) is 5.69 Å². The number of fused-ring (bicyclic) bond motifs is 8. The van der Waals surface area contributed by atoms with E-state index in [4.69, 9.17) is 28.4 Å². The van der Waals surface area contributed by atoms with Gasteiger partial charge in [-0.05, 0) is 60.4 Å². The van der Waals surface area contributed by atoms with E-state index >= 15 is 0 Å². The smallest absolute Gasteiger partial charge is 0.343 e. The second-order valence-corrected chi connectivity index (χ2v) is 13.9. The predicted molar refractivity (Wildman–Crippen MR) is 180 cm³/mol. The summed E-state index contributed by atoms with van der Waals surface area (Å²) >= 11 is 0. The summed E-state index contributed by atoms with van der Waals surface area (Å²) in [6, 6.07) is 11.1. The largest absolute Gasteiger partial charge is 0.508 e. The van der Waals surface area contributed by atoms with Gasteiger partial charge in [0, 0.05) is 11.1 Å². The summed E-state index contributed by atoms with van der Waals surface area (Å²) < 4.78 is 37.5. The summed E-state index contributed by atoms with van der Waals surface area (Å²) in [4.78, 5) is 12.4. The Kier molecular flexibility index (Phi) is 8.00. The summed E-state index contributed by atoms with van der Waals surface area (Å²) in [6.07, 6.45) is -2.74. The van der Waals surface area contributed by atoms with Crippen LogP contribution in [-0.2, 0) is 9.53 Å². The van der Waals surface area contributed by atoms with E-state index in [1.54, 1.807) is 37.4 Å². The Balaban J connectivity index is 1.21. The van der Waals surface area contributed by atoms with Crippen LogP contribution in [0.5, 0.6) is 34.5 Å². The van der Waals surface area contributed by atoms with Gasteiger partial charge in [0.25, 0.3) is 5.79 Å². The summed E-state index contributed by atoms with van der Waals surface area (Å²) in [5.41, 5.74) is 0.680. The minimum atomic E-state index is -2.38. The molecule has 0 radical (unpaired) electrons. The van der Waals surface area contributed by atoms with E-state index in [2.05, 4.69) is 24.5 Å². The molecule has 0 amide bonds. The average Bonchev–Trinajstić information content (AvgIpc) is 3.50. The summed E-state index contributed by atoms with van der Waals surface area (Å²) in [5.74, 6) is -1.38. The molecule has 8 rings (SSSR count). The van der Waals surface area contributed by atoms with Crippen LogP contribution in [0.25, 0.3) is 11.1 Å². The number of ether oxygens (including phenoxy) is 6. The number of anilines is 1. The third-order valence-corrected chi connectivity index (χ3v) is 10.4. The molecule has 8 atom stereocenters. The molecular formula is C37H40N2O12. The molecule has 270 valence electrons. The highest BCUT2D eigenvalue weighted by Crippen LogP contribution is 2.62. The number of aliphatic hydroxyl groups is 3. The lowest BCUT2D eigenvalue weighted by atomic mass is 9.76. The van der Waals surface area contributed by atoms with E-state index in [0.29, 0.717) is 58.0 Å². The Bertz CT molecular complexity index is 1920. The molecule has 0 saturated carbocycles. The number of aliphatic hydroxyl groups excluding tert-OH is 3. The molecule has 5 aliphatic heterocycles. The van der Waals surface area contributed by atoms with Crippen molar-refractivity contribution < 1.29 is 58.7 Å². The lowest BCUT2D eigenvalue weighted by molar-refractivity contribution is -0.356. The molecule has 5 heterocycles. The minimum absolute atomic E-state index is 0.0119. The predicted octanol–water partition coefficient (Wildman–Crippen LogP) is 3.02. The van der Waals surface area contributed by atoms with E-state index in [9.17, 15) is 30.3 Å². The first-order valence-corrected chi connectivity index (χ1v) is 17.0. The number of carbonyl (C=O) groups is 1. The highest BCUT2D eigenvalue weighted by molar-refractivity contribution is 5.85. The fraction of sp³-hybridized carbons (Fsp3) is 0.432. The lowest BCUT2D eigenvalue weighted by Crippen LogP contribution is -2.79. The van der Waals surface area contributed by atoms with Crippen molar-refractivity contribution in [1.82, 2.24) is 5.32 Å². The van der Waals surface area contributed by atoms with Crippen LogP contribution in [0.1, 0.15) is 43.4 Å². The number of carboxylic acid groups (broad SMARTS) is 1. The van der Waals surface area contributed by atoms with Gasteiger partial charge in [-0.15, -0.1) is 0 Å². The molecule has 5 aliphatic rings. The average molecular weight is 705 g/mol. The number of hydrogen-bond acceptors (Lipinski definition) is 13. The van der Waals surface area contributed by atoms with Gasteiger partial charge in [0.15, 0.2) is 29.1 Å². The van der Waals surface area contributed by atoms with Crippen molar-refractivity contribution in [3.8, 4) is 45.6 Å². The number of methoxy groups -OCH3 is 1. The van der Waals surface area contributed by atoms with Crippen molar-refractivity contribution in [3.05, 3.63) is 65.7 Å². The Labute approximate surface area is 293 Å². The maximum atomic E-state index is 12.4. The Morgan fingerprint density at radius 2 is 1.94 bits per heavy atom. The molecule has 0 aromatic heterocycles. The number of aliphatic carboxylic acids is 1. The van der Waals surface area contributed by atoms with Gasteiger partial charge in [0.1, 0.15) is 42.5 Å². The summed E-state index contributed by atoms with van der Waals surface area (Å²) in [5, 5.41) is 60.1. The normalized spacial score (nSPS) is 30.6. The standard InChI is InChI=1S/C37H40N2O12/c1-17(2)10-12-38-16-48-23-8-7-20-22-15-47-32-26(29(22)49-30(20)31(23)46-3)21(18-5-4-6-19(40)13-18)14-24-27(32)39-25-9-11-36(35(44)45)33(42)28(41)34(43)37(25,50-24)51-36/h4-9,11,13-14,17,22,25,28-29,33-34,38-43H,10,12,15-16H2,1-3H3,(H,44,45)/t22-,25+,28-,29+,33-,34+,36-,37+/m0/s1. The van der Waals surface area contributed by atoms with Gasteiger partial charge >= 0.3 is 5.97 Å². The van der Waals surface area contributed by atoms with E-state index in [0.717, 1.165) is 24.6 Å². The van der Waals surface area contributed by atoms with Crippen molar-refractivity contribution in [1.29, 1.82) is 0 Å². The Morgan fingerprint density at radius 3 is 2.69 bits per heavy atom. The fourth-order valence-corrected chi connectivity index (χ4v) is 7.73. The van der Waals surface area contributed by atoms with Gasteiger partial charge in [-0.25, -0.2) is 4.79 Å². The van der Waals surface area contributed by atoms with E-state index in [1.807, 2.05) is 12.1 Å². The number of phenolic OH excluding ortho intramolecular Hbond substituents is 1. The van der Waals surface area contributed by atoms with Crippen LogP contribution in [0.15, 0.2) is 54.6 Å². The quantitative estimate of drug-likeness (QED) is 0.0975. The van der Waals surface area contributed by atoms with Crippen molar-refractivity contribution >= 4 is 11.7 Å². The highest BCUT2D eigenvalue weighted by Gasteiger charge is 2.70. The maximum Gasteiger partial charge on any atom is 0.343 e. The monoisotopic (exact) mass is 704 g/mol. The van der Waals surface area contributed by atoms with Crippen LogP contribution in [0.2, 0.25) is 0 Å². The second kappa shape index (κ2) is 12.2. The third-order valence-electron chi connectivity index (χ3n) is 10.4. The number of hydrogen-bond donors (Lipinski definition) is 7. The molecular weight excluding hydrogens is 664 g/mol. The molecule has 1 spiro atoms. The second-order valence-electron chi connectivity index (χ2n) is 13.9. The van der Waals surface area contributed by atoms with Crippen LogP contribution in [0, 0.1) is 5.92 Å². The van der Waals surface area contributed by atoms with Crippen molar-refractivity contribution in [2.75, 3.05) is 32.3 Å². The minimum Gasteiger partial charge on any atom is -0.508 e. The summed E-state index contributed by atoms with van der Waals surface area (Å²) in [6.45, 7) is 5.64. The number of carboxylic acids is 1. The summed E-state index contributed by atoms with van der Waals surface area (Å²) in [7, 11) is 1.56. The van der Waals surface area contributed by atoms with Crippen LogP contribution < -0.4 is 34.3 Å². The lowest BCUT2D eigenvalue weighted by Gasteiger charge is -2.57. The zero-order chi connectivity index (χ0) is 35.8. The number of phenols is 1. The van der Waals surface area contributed by atoms with Crippen LogP contribution in [-0.4, -0.2) is 94.2 Å². The molecule has 1 fully saturated rings. The topological polar surface area (TPSA) is 198 Å². The SMILES string of the molecule is COc1c(OCNCCC(C)C)ccc2c1O[C@H]1c3c(-c4cccc(O)c4)cc4c(c3OC[C@@H]21)N[C@@H]1C=C[C@]2(C(=O)O)O[C@@]1(O4)[C@H](O)[C@@H](O)[C@@H]2O. The number of rotatable bonds is 9. The molecule has 1 saturated heterocycles. The van der Waals surface area contributed by atoms with Gasteiger partial charge in [0.2, 0.25) is 11.4 Å². The van der Waals surface area contributed by atoms with Crippen molar-refractivity contribution in [2.45, 2.75) is 68.0 Å². The Morgan fingerprint density at radius 1 is 1.12 bits per heavy atom. The molecule has 3 aromatic carbocycles. The number of aromatic hydroxyl groups is 1. The van der Waals surface area contributed by atoms with Crippen LogP contribution in [0.3, 0.4) is 0 Å². The van der Waals surface area contributed by atoms with Crippen molar-refractivity contribution in [2.24, 2.45) is 5.92 Å². The fourth-order valence-electron chi connectivity index (χ4n) is 7.73. The molecule has 14 nitrogen and oxygen atoms in total. The van der Waals surface area contributed by atoms with Gasteiger partial charge in [-0.3, -0.25) is 5.32 Å². The molecule has 51 heavy (non-hydrogen) atoms. The van der Waals surface area contributed by atoms with Crippen molar-refractivity contribution in [3.63, 3.8) is 0 Å². The molecule has 0 aliphatic carbocycles. The van der Waals surface area contributed by atoms with E-state index in [1.165, 1.54) is 6.08 Å². The zero-order valence-electron chi connectivity index (χ0n) is 28.2. The number of benzene rings is 3. The van der Waals surface area contributed by atoms with E-state index < -0.39 is 47.8 Å². The molecule has 14 heteroatoms. The highest BCUT2D eigenvalue weighted by atomic mass is 16.7. The van der Waals surface area contributed by atoms with Gasteiger partial charge in [0.05, 0.1) is 19.6 Å². The van der Waals surface area contributed by atoms with Crippen LogP contribution >= 0.6 is 0 Å². The Hall–Kier alpha value is -4.73.